The molecule has 1 aliphatic rings. The molecule has 2 aromatic rings. The molecule has 0 atom stereocenters. The van der Waals surface area contributed by atoms with Gasteiger partial charge in [0, 0.05) is 12.1 Å². The fourth-order valence-electron chi connectivity index (χ4n) is 2.72. The Bertz CT molecular complexity index is 632. The Kier molecular flexibility index (Phi) is 4.58. The van der Waals surface area contributed by atoms with Crippen molar-refractivity contribution in [2.75, 3.05) is 13.1 Å². The molecule has 0 saturated carbocycles. The molecule has 1 aromatic heterocycles. The van der Waals surface area contributed by atoms with Crippen LogP contribution >= 0.6 is 0 Å². The van der Waals surface area contributed by atoms with E-state index in [0.717, 1.165) is 26.1 Å². The Morgan fingerprint density at radius 3 is 2.73 bits per heavy atom. The van der Waals surface area contributed by atoms with Gasteiger partial charge in [-0.15, -0.1) is 5.10 Å². The summed E-state index contributed by atoms with van der Waals surface area (Å²) in [6.45, 7) is 2.93. The van der Waals surface area contributed by atoms with Gasteiger partial charge < -0.3 is 5.32 Å². The van der Waals surface area contributed by atoms with Crippen LogP contribution in [0, 0.1) is 11.7 Å². The van der Waals surface area contributed by atoms with Crippen molar-refractivity contribution in [1.82, 2.24) is 20.1 Å². The number of rotatable bonds is 5. The monoisotopic (exact) mass is 302 g/mol. The lowest BCUT2D eigenvalue weighted by atomic mass is 9.95. The highest BCUT2D eigenvalue weighted by atomic mass is 19.1. The lowest BCUT2D eigenvalue weighted by molar-refractivity contribution is 0.102. The minimum atomic E-state index is -0.364. The molecule has 0 aliphatic carbocycles. The van der Waals surface area contributed by atoms with Crippen LogP contribution in [-0.2, 0) is 6.54 Å². The van der Waals surface area contributed by atoms with Gasteiger partial charge in [-0.2, -0.15) is 0 Å². The summed E-state index contributed by atoms with van der Waals surface area (Å²) in [6, 6.07) is 5.43. The normalized spacial score (nSPS) is 15.9. The summed E-state index contributed by atoms with van der Waals surface area (Å²) in [6.07, 6.45) is 5.03. The highest BCUT2D eigenvalue weighted by Crippen LogP contribution is 2.16. The first-order chi connectivity index (χ1) is 10.7. The van der Waals surface area contributed by atoms with Crippen molar-refractivity contribution >= 4 is 5.78 Å². The minimum absolute atomic E-state index is 0.164. The van der Waals surface area contributed by atoms with Crippen LogP contribution < -0.4 is 5.32 Å². The third-order valence-electron chi connectivity index (χ3n) is 4.07. The number of ketones is 1. The lowest BCUT2D eigenvalue weighted by Crippen LogP contribution is -2.28. The lowest BCUT2D eigenvalue weighted by Gasteiger charge is -2.22. The van der Waals surface area contributed by atoms with E-state index in [-0.39, 0.29) is 17.4 Å². The van der Waals surface area contributed by atoms with E-state index < -0.39 is 0 Å². The summed E-state index contributed by atoms with van der Waals surface area (Å²) >= 11 is 0. The summed E-state index contributed by atoms with van der Waals surface area (Å²) < 4.78 is 14.6. The van der Waals surface area contributed by atoms with Crippen molar-refractivity contribution in [3.05, 3.63) is 47.8 Å². The fourth-order valence-corrected chi connectivity index (χ4v) is 2.72. The molecular weight excluding hydrogens is 283 g/mol. The molecule has 22 heavy (non-hydrogen) atoms. The van der Waals surface area contributed by atoms with E-state index in [1.807, 2.05) is 0 Å². The largest absolute Gasteiger partial charge is 0.317 e. The molecule has 116 valence electrons. The summed E-state index contributed by atoms with van der Waals surface area (Å²) in [7, 11) is 0. The Morgan fingerprint density at radius 1 is 1.27 bits per heavy atom. The second kappa shape index (κ2) is 6.79. The molecule has 1 aliphatic heterocycles. The molecule has 6 heteroatoms. The van der Waals surface area contributed by atoms with Gasteiger partial charge in [0.15, 0.2) is 0 Å². The number of hydrogen-bond acceptors (Lipinski definition) is 4. The minimum Gasteiger partial charge on any atom is -0.317 e. The van der Waals surface area contributed by atoms with Crippen LogP contribution in [0.2, 0.25) is 0 Å². The highest BCUT2D eigenvalue weighted by molar-refractivity contribution is 6.06. The van der Waals surface area contributed by atoms with Gasteiger partial charge >= 0.3 is 0 Å². The molecule has 5 nitrogen and oxygen atoms in total. The molecule has 3 rings (SSSR count). The van der Waals surface area contributed by atoms with Crippen LogP contribution in [0.15, 0.2) is 30.6 Å². The summed E-state index contributed by atoms with van der Waals surface area (Å²) in [4.78, 5) is 16.3. The predicted molar refractivity (Wildman–Crippen MR) is 80.1 cm³/mol. The van der Waals surface area contributed by atoms with E-state index in [0.29, 0.717) is 11.5 Å². The molecule has 0 bridgehead atoms. The topological polar surface area (TPSA) is 59.8 Å². The van der Waals surface area contributed by atoms with Crippen LogP contribution in [0.3, 0.4) is 0 Å². The first kappa shape index (κ1) is 14.8. The third kappa shape index (κ3) is 3.57. The Hall–Kier alpha value is -2.08. The Balaban J connectivity index is 1.60. The first-order valence-corrected chi connectivity index (χ1v) is 7.63. The van der Waals surface area contributed by atoms with Crippen LogP contribution in [0.4, 0.5) is 4.39 Å². The molecule has 1 N–H and O–H groups in total. The number of hydrogen-bond donors (Lipinski definition) is 1. The maximum atomic E-state index is 12.9. The van der Waals surface area contributed by atoms with Crippen LogP contribution in [0.1, 0.15) is 35.4 Å². The van der Waals surface area contributed by atoms with E-state index in [9.17, 15) is 9.18 Å². The van der Waals surface area contributed by atoms with Crippen molar-refractivity contribution < 1.29 is 9.18 Å². The van der Waals surface area contributed by atoms with E-state index in [2.05, 4.69) is 15.4 Å². The van der Waals surface area contributed by atoms with Crippen molar-refractivity contribution in [2.24, 2.45) is 5.92 Å². The Labute approximate surface area is 128 Å². The quantitative estimate of drug-likeness (QED) is 0.859. The van der Waals surface area contributed by atoms with Gasteiger partial charge in [0.05, 0.1) is 0 Å². The van der Waals surface area contributed by atoms with Crippen molar-refractivity contribution in [3.8, 4) is 0 Å². The maximum absolute atomic E-state index is 12.9. The van der Waals surface area contributed by atoms with Gasteiger partial charge in [-0.3, -0.25) is 9.48 Å². The molecule has 1 aromatic carbocycles. The number of aryl methyl sites for hydroxylation is 1. The van der Waals surface area contributed by atoms with Crippen LogP contribution in [0.5, 0.6) is 0 Å². The molecule has 0 amide bonds. The number of nitrogens with zero attached hydrogens (tertiary/aromatic N) is 3. The van der Waals surface area contributed by atoms with Crippen molar-refractivity contribution in [1.29, 1.82) is 0 Å². The van der Waals surface area contributed by atoms with E-state index >= 15 is 0 Å². The molecule has 0 spiro atoms. The van der Waals surface area contributed by atoms with Gasteiger partial charge in [-0.05, 0) is 62.5 Å². The standard InChI is InChI=1S/C16H19FN4O/c17-14-3-1-13(2-4-14)15(22)16-19-11-21(20-16)10-7-12-5-8-18-9-6-12/h1-4,11-12,18H,5-10H2. The number of carbonyl (C=O) groups excluding carboxylic acids is 1. The van der Waals surface area contributed by atoms with E-state index in [4.69, 9.17) is 0 Å². The molecule has 0 radical (unpaired) electrons. The van der Waals surface area contributed by atoms with Crippen molar-refractivity contribution in [3.63, 3.8) is 0 Å². The molecule has 2 heterocycles. The molecular formula is C16H19FN4O. The zero-order valence-electron chi connectivity index (χ0n) is 12.3. The number of aromatic nitrogens is 3. The van der Waals surface area contributed by atoms with Crippen molar-refractivity contribution in [2.45, 2.75) is 25.8 Å². The highest BCUT2D eigenvalue weighted by Gasteiger charge is 2.16. The van der Waals surface area contributed by atoms with E-state index in [1.54, 1.807) is 11.0 Å². The first-order valence-electron chi connectivity index (χ1n) is 7.63. The van der Waals surface area contributed by atoms with E-state index in [1.165, 1.54) is 37.1 Å². The molecule has 1 saturated heterocycles. The average molecular weight is 302 g/mol. The maximum Gasteiger partial charge on any atom is 0.232 e. The second-order valence-corrected chi connectivity index (χ2v) is 5.65. The van der Waals surface area contributed by atoms with Crippen LogP contribution in [-0.4, -0.2) is 33.6 Å². The molecule has 0 unspecified atom stereocenters. The van der Waals surface area contributed by atoms with Gasteiger partial charge in [0.1, 0.15) is 12.1 Å². The zero-order chi connectivity index (χ0) is 15.4. The van der Waals surface area contributed by atoms with Gasteiger partial charge in [-0.25, -0.2) is 9.37 Å². The van der Waals surface area contributed by atoms with Crippen LogP contribution in [0.25, 0.3) is 0 Å². The Morgan fingerprint density at radius 2 is 2.00 bits per heavy atom. The molecule has 1 fully saturated rings. The number of piperidine rings is 1. The van der Waals surface area contributed by atoms with Gasteiger partial charge in [-0.1, -0.05) is 0 Å². The van der Waals surface area contributed by atoms with Gasteiger partial charge in [0.25, 0.3) is 0 Å². The van der Waals surface area contributed by atoms with Gasteiger partial charge in [0.2, 0.25) is 11.6 Å². The smallest absolute Gasteiger partial charge is 0.232 e. The number of carbonyl (C=O) groups is 1. The second-order valence-electron chi connectivity index (χ2n) is 5.65. The predicted octanol–water partition coefficient (Wildman–Crippen LogP) is 2.04. The zero-order valence-corrected chi connectivity index (χ0v) is 12.3. The third-order valence-corrected chi connectivity index (χ3v) is 4.07. The number of nitrogens with one attached hydrogen (secondary N) is 1. The number of halogens is 1. The SMILES string of the molecule is O=C(c1ccc(F)cc1)c1ncn(CCC2CCNCC2)n1. The average Bonchev–Trinajstić information content (AvgIpc) is 3.03. The number of benzene rings is 1. The summed E-state index contributed by atoms with van der Waals surface area (Å²) in [5, 5.41) is 7.59. The fraction of sp³-hybridized carbons (Fsp3) is 0.438. The summed E-state index contributed by atoms with van der Waals surface area (Å²) in [5.41, 5.74) is 0.400. The summed E-state index contributed by atoms with van der Waals surface area (Å²) in [5.74, 6) is 0.233.